The number of hydrogen-bond acceptors (Lipinski definition) is 3. The second-order valence-electron chi connectivity index (χ2n) is 5.29. The van der Waals surface area contributed by atoms with E-state index in [4.69, 9.17) is 11.5 Å². The number of nitrogens with two attached hydrogens (primary N) is 2. The minimum Gasteiger partial charge on any atom is -0.370 e. The molecule has 0 aromatic rings. The van der Waals surface area contributed by atoms with Crippen molar-refractivity contribution >= 4 is 11.7 Å². The highest BCUT2D eigenvalue weighted by atomic mass is 16.1. The van der Waals surface area contributed by atoms with Gasteiger partial charge < -0.3 is 16.8 Å². The summed E-state index contributed by atoms with van der Waals surface area (Å²) < 4.78 is 0. The van der Waals surface area contributed by atoms with Crippen molar-refractivity contribution in [2.24, 2.45) is 22.4 Å². The fourth-order valence-corrected chi connectivity index (χ4v) is 1.74. The van der Waals surface area contributed by atoms with E-state index in [1.54, 1.807) is 0 Å². The van der Waals surface area contributed by atoms with E-state index in [1.807, 2.05) is 13.8 Å². The Hall–Kier alpha value is -1.10. The maximum absolute atomic E-state index is 11.8. The maximum atomic E-state index is 11.8. The lowest BCUT2D eigenvalue weighted by atomic mass is 9.98. The second-order valence-corrected chi connectivity index (χ2v) is 5.29. The van der Waals surface area contributed by atoms with Crippen molar-refractivity contribution in [2.75, 3.05) is 6.54 Å². The third kappa shape index (κ3) is 8.98. The summed E-state index contributed by atoms with van der Waals surface area (Å²) in [6.07, 6.45) is 2.37. The van der Waals surface area contributed by atoms with E-state index < -0.39 is 0 Å². The van der Waals surface area contributed by atoms with Crippen LogP contribution in [0.1, 0.15) is 47.0 Å². The smallest absolute Gasteiger partial charge is 0.185 e. The van der Waals surface area contributed by atoms with Crippen molar-refractivity contribution < 1.29 is 4.79 Å². The van der Waals surface area contributed by atoms with Crippen LogP contribution in [0.15, 0.2) is 4.99 Å². The summed E-state index contributed by atoms with van der Waals surface area (Å²) in [6, 6.07) is 0.590. The third-order valence-corrected chi connectivity index (χ3v) is 2.67. The Labute approximate surface area is 110 Å². The summed E-state index contributed by atoms with van der Waals surface area (Å²) >= 11 is 0. The first kappa shape index (κ1) is 16.9. The van der Waals surface area contributed by atoms with E-state index in [0.29, 0.717) is 24.8 Å². The summed E-state index contributed by atoms with van der Waals surface area (Å²) in [4.78, 5) is 15.7. The molecule has 0 heterocycles. The highest BCUT2D eigenvalue weighted by Gasteiger charge is 2.16. The standard InChI is InChI=1S/C13H28N4O/c1-9(2)12(18)8-11(17-10(3)4)6-5-7-16-13(14)15/h9-11,17H,5-8H2,1-4H3,(H4,14,15,16)/t11-/m0/s1. The average Bonchev–Trinajstić information content (AvgIpc) is 2.22. The molecule has 5 heteroatoms. The lowest BCUT2D eigenvalue weighted by molar-refractivity contribution is -0.122. The number of nitrogens with one attached hydrogen (secondary N) is 1. The predicted molar refractivity (Wildman–Crippen MR) is 76.4 cm³/mol. The normalized spacial score (nSPS) is 12.8. The molecular weight excluding hydrogens is 228 g/mol. The quantitative estimate of drug-likeness (QED) is 0.326. The Morgan fingerprint density at radius 1 is 1.22 bits per heavy atom. The molecule has 0 spiro atoms. The number of hydrogen-bond donors (Lipinski definition) is 3. The first-order valence-corrected chi connectivity index (χ1v) is 6.67. The van der Waals surface area contributed by atoms with Gasteiger partial charge in [0.2, 0.25) is 0 Å². The number of aliphatic imine (C=N–C) groups is 1. The molecule has 0 saturated carbocycles. The van der Waals surface area contributed by atoms with Crippen molar-refractivity contribution in [3.05, 3.63) is 0 Å². The molecule has 0 radical (unpaired) electrons. The number of carbonyl (C=O) groups is 1. The van der Waals surface area contributed by atoms with E-state index in [2.05, 4.69) is 24.2 Å². The molecule has 0 bridgehead atoms. The highest BCUT2D eigenvalue weighted by Crippen LogP contribution is 2.09. The van der Waals surface area contributed by atoms with Gasteiger partial charge in [-0.3, -0.25) is 9.79 Å². The van der Waals surface area contributed by atoms with Crippen LogP contribution in [0, 0.1) is 5.92 Å². The largest absolute Gasteiger partial charge is 0.370 e. The van der Waals surface area contributed by atoms with Gasteiger partial charge in [0.1, 0.15) is 5.78 Å². The van der Waals surface area contributed by atoms with Crippen LogP contribution in [0.5, 0.6) is 0 Å². The Morgan fingerprint density at radius 3 is 2.28 bits per heavy atom. The van der Waals surface area contributed by atoms with Crippen molar-refractivity contribution in [2.45, 2.75) is 59.0 Å². The van der Waals surface area contributed by atoms with Gasteiger partial charge in [-0.2, -0.15) is 0 Å². The van der Waals surface area contributed by atoms with Gasteiger partial charge in [-0.15, -0.1) is 0 Å². The summed E-state index contributed by atoms with van der Waals surface area (Å²) in [7, 11) is 0. The molecule has 0 saturated heterocycles. The summed E-state index contributed by atoms with van der Waals surface area (Å²) in [5.74, 6) is 0.524. The summed E-state index contributed by atoms with van der Waals surface area (Å²) in [6.45, 7) is 8.67. The zero-order chi connectivity index (χ0) is 14.1. The number of rotatable bonds is 9. The highest BCUT2D eigenvalue weighted by molar-refractivity contribution is 5.80. The summed E-state index contributed by atoms with van der Waals surface area (Å²) in [5, 5.41) is 3.42. The minimum absolute atomic E-state index is 0.0965. The Kier molecular flexibility index (Phi) is 8.37. The van der Waals surface area contributed by atoms with Gasteiger partial charge in [0.15, 0.2) is 5.96 Å². The first-order chi connectivity index (χ1) is 8.32. The van der Waals surface area contributed by atoms with Crippen molar-refractivity contribution in [3.63, 3.8) is 0 Å². The first-order valence-electron chi connectivity index (χ1n) is 6.67. The Bertz CT molecular complexity index is 270. The zero-order valence-corrected chi connectivity index (χ0v) is 12.1. The van der Waals surface area contributed by atoms with Crippen LogP contribution in [0.4, 0.5) is 0 Å². The van der Waals surface area contributed by atoms with Gasteiger partial charge in [-0.05, 0) is 12.8 Å². The maximum Gasteiger partial charge on any atom is 0.185 e. The number of carbonyl (C=O) groups excluding carboxylic acids is 1. The molecule has 5 nitrogen and oxygen atoms in total. The molecule has 0 aliphatic carbocycles. The number of ketones is 1. The number of Topliss-reactive ketones (excluding diaryl/α,β-unsaturated/α-hetero) is 1. The van der Waals surface area contributed by atoms with Gasteiger partial charge in [0.25, 0.3) is 0 Å². The fraction of sp³-hybridized carbons (Fsp3) is 0.846. The lowest BCUT2D eigenvalue weighted by Crippen LogP contribution is -2.37. The monoisotopic (exact) mass is 256 g/mol. The SMILES string of the molecule is CC(C)N[C@@H](CCCN=C(N)N)CC(=O)C(C)C. The Balaban J connectivity index is 4.15. The molecule has 0 aromatic heterocycles. The van der Waals surface area contributed by atoms with Gasteiger partial charge in [0.05, 0.1) is 0 Å². The Morgan fingerprint density at radius 2 is 1.83 bits per heavy atom. The molecule has 1 atom stereocenters. The zero-order valence-electron chi connectivity index (χ0n) is 12.1. The molecule has 0 fully saturated rings. The van der Waals surface area contributed by atoms with Crippen LogP contribution in [0.2, 0.25) is 0 Å². The predicted octanol–water partition coefficient (Wildman–Crippen LogP) is 1.02. The van der Waals surface area contributed by atoms with E-state index in [0.717, 1.165) is 12.8 Å². The molecule has 18 heavy (non-hydrogen) atoms. The molecule has 5 N–H and O–H groups in total. The molecular formula is C13H28N4O. The number of guanidine groups is 1. The van der Waals surface area contributed by atoms with Crippen molar-refractivity contribution in [3.8, 4) is 0 Å². The topological polar surface area (TPSA) is 93.5 Å². The van der Waals surface area contributed by atoms with E-state index in [9.17, 15) is 4.79 Å². The van der Waals surface area contributed by atoms with Crippen LogP contribution in [0.25, 0.3) is 0 Å². The minimum atomic E-state index is 0.0965. The second kappa shape index (κ2) is 8.91. The van der Waals surface area contributed by atoms with Crippen LogP contribution >= 0.6 is 0 Å². The molecule has 0 rings (SSSR count). The lowest BCUT2D eigenvalue weighted by Gasteiger charge is -2.21. The molecule has 0 aromatic carbocycles. The van der Waals surface area contributed by atoms with Crippen molar-refractivity contribution in [1.29, 1.82) is 0 Å². The van der Waals surface area contributed by atoms with E-state index in [-0.39, 0.29) is 17.9 Å². The van der Waals surface area contributed by atoms with Gasteiger partial charge in [0, 0.05) is 31.0 Å². The average molecular weight is 256 g/mol. The van der Waals surface area contributed by atoms with Gasteiger partial charge in [-0.1, -0.05) is 27.7 Å². The summed E-state index contributed by atoms with van der Waals surface area (Å²) in [5.41, 5.74) is 10.5. The molecule has 0 amide bonds. The molecule has 0 unspecified atom stereocenters. The van der Waals surface area contributed by atoms with Crippen molar-refractivity contribution in [1.82, 2.24) is 5.32 Å². The van der Waals surface area contributed by atoms with E-state index >= 15 is 0 Å². The molecule has 0 aliphatic heterocycles. The molecule has 0 aliphatic rings. The van der Waals surface area contributed by atoms with Crippen LogP contribution in [-0.4, -0.2) is 30.4 Å². The number of nitrogens with zero attached hydrogens (tertiary/aromatic N) is 1. The van der Waals surface area contributed by atoms with Crippen LogP contribution in [0.3, 0.4) is 0 Å². The third-order valence-electron chi connectivity index (χ3n) is 2.67. The van der Waals surface area contributed by atoms with Gasteiger partial charge in [-0.25, -0.2) is 0 Å². The van der Waals surface area contributed by atoms with Crippen LogP contribution < -0.4 is 16.8 Å². The van der Waals surface area contributed by atoms with E-state index in [1.165, 1.54) is 0 Å². The van der Waals surface area contributed by atoms with Gasteiger partial charge >= 0.3 is 0 Å². The molecule has 106 valence electrons. The fourth-order valence-electron chi connectivity index (χ4n) is 1.74. The van der Waals surface area contributed by atoms with Crippen LogP contribution in [-0.2, 0) is 4.79 Å².